The lowest BCUT2D eigenvalue weighted by atomic mass is 9.93. The predicted molar refractivity (Wildman–Crippen MR) is 101 cm³/mol. The zero-order valence-electron chi connectivity index (χ0n) is 15.4. The highest BCUT2D eigenvalue weighted by atomic mass is 32.2. The van der Waals surface area contributed by atoms with Crippen molar-refractivity contribution >= 4 is 21.6 Å². The molecule has 10 heteroatoms. The number of piperidine rings is 1. The van der Waals surface area contributed by atoms with Crippen molar-refractivity contribution in [3.63, 3.8) is 0 Å². The zero-order valence-corrected chi connectivity index (χ0v) is 16.2. The van der Waals surface area contributed by atoms with E-state index in [0.717, 1.165) is 31.9 Å². The Morgan fingerprint density at radius 2 is 2.00 bits per heavy atom. The van der Waals surface area contributed by atoms with Crippen LogP contribution in [0, 0.1) is 16.0 Å². The second kappa shape index (κ2) is 9.77. The van der Waals surface area contributed by atoms with Crippen LogP contribution in [0.5, 0.6) is 0 Å². The van der Waals surface area contributed by atoms with Crippen LogP contribution in [0.4, 0.5) is 5.69 Å². The summed E-state index contributed by atoms with van der Waals surface area (Å²) in [4.78, 5) is 24.0. The Bertz CT molecular complexity index is 760. The lowest BCUT2D eigenvalue weighted by Gasteiger charge is -2.32. The lowest BCUT2D eigenvalue weighted by Crippen LogP contribution is -2.40. The number of nitrogens with one attached hydrogen (secondary N) is 2. The highest BCUT2D eigenvalue weighted by Crippen LogP contribution is 2.20. The number of carbonyl (C=O) groups is 1. The molecule has 150 valence electrons. The van der Waals surface area contributed by atoms with Crippen molar-refractivity contribution in [2.24, 2.45) is 5.92 Å². The van der Waals surface area contributed by atoms with Crippen LogP contribution < -0.4 is 10.0 Å². The Hall–Kier alpha value is -2.04. The number of amides is 1. The number of hydrogen-bond donors (Lipinski definition) is 2. The molecule has 0 spiro atoms. The van der Waals surface area contributed by atoms with Crippen LogP contribution >= 0.6 is 0 Å². The van der Waals surface area contributed by atoms with Crippen LogP contribution in [0.15, 0.2) is 29.2 Å². The van der Waals surface area contributed by atoms with Gasteiger partial charge in [-0.3, -0.25) is 14.9 Å². The predicted octanol–water partition coefficient (Wildman–Crippen LogP) is 1.11. The molecule has 1 aromatic carbocycles. The second-order valence-electron chi connectivity index (χ2n) is 6.62. The topological polar surface area (TPSA) is 122 Å². The molecule has 1 aliphatic rings. The van der Waals surface area contributed by atoms with Crippen molar-refractivity contribution < 1.29 is 18.1 Å². The van der Waals surface area contributed by atoms with Crippen molar-refractivity contribution in [3.8, 4) is 0 Å². The van der Waals surface area contributed by atoms with Gasteiger partial charge in [-0.25, -0.2) is 13.1 Å². The van der Waals surface area contributed by atoms with Crippen molar-refractivity contribution in [2.75, 3.05) is 33.2 Å². The summed E-state index contributed by atoms with van der Waals surface area (Å²) in [5.74, 6) is 0.540. The maximum Gasteiger partial charge on any atom is 0.270 e. The minimum Gasteiger partial charge on any atom is -0.343 e. The Morgan fingerprint density at radius 3 is 2.63 bits per heavy atom. The second-order valence-corrected chi connectivity index (χ2v) is 8.39. The molecule has 0 atom stereocenters. The quantitative estimate of drug-likeness (QED) is 0.475. The zero-order chi connectivity index (χ0) is 19.9. The normalized spacial score (nSPS) is 15.7. The third kappa shape index (κ3) is 6.26. The van der Waals surface area contributed by atoms with Gasteiger partial charge in [0.25, 0.3) is 5.69 Å². The van der Waals surface area contributed by atoms with Gasteiger partial charge in [0, 0.05) is 38.2 Å². The number of sulfonamides is 1. The van der Waals surface area contributed by atoms with E-state index in [1.165, 1.54) is 18.2 Å². The minimum atomic E-state index is -3.89. The first-order chi connectivity index (χ1) is 12.8. The van der Waals surface area contributed by atoms with Gasteiger partial charge in [0.2, 0.25) is 15.9 Å². The van der Waals surface area contributed by atoms with E-state index in [1.807, 2.05) is 7.05 Å². The number of nitrogens with zero attached hydrogens (tertiary/aromatic N) is 2. The monoisotopic (exact) mass is 398 g/mol. The Kier molecular flexibility index (Phi) is 7.69. The molecule has 0 radical (unpaired) electrons. The first-order valence-electron chi connectivity index (χ1n) is 9.00. The molecule has 27 heavy (non-hydrogen) atoms. The third-order valence-corrected chi connectivity index (χ3v) is 6.20. The molecule has 0 bridgehead atoms. The van der Waals surface area contributed by atoms with Crippen LogP contribution in [-0.2, 0) is 14.8 Å². The molecule has 2 N–H and O–H groups in total. The van der Waals surface area contributed by atoms with E-state index in [9.17, 15) is 23.3 Å². The number of rotatable bonds is 9. The van der Waals surface area contributed by atoms with Crippen LogP contribution in [0.2, 0.25) is 0 Å². The molecule has 1 amide bonds. The largest absolute Gasteiger partial charge is 0.343 e. The average Bonchev–Trinajstić information content (AvgIpc) is 2.66. The fourth-order valence-corrected chi connectivity index (χ4v) is 4.19. The number of hydrogen-bond acceptors (Lipinski definition) is 6. The number of nitro benzene ring substituents is 1. The van der Waals surface area contributed by atoms with Gasteiger partial charge >= 0.3 is 0 Å². The lowest BCUT2D eigenvalue weighted by molar-refractivity contribution is -0.385. The molecule has 0 aromatic heterocycles. The summed E-state index contributed by atoms with van der Waals surface area (Å²) in [5.41, 5.74) is -0.296. The van der Waals surface area contributed by atoms with E-state index in [2.05, 4.69) is 10.0 Å². The first-order valence-corrected chi connectivity index (χ1v) is 10.5. The summed E-state index contributed by atoms with van der Waals surface area (Å²) in [6, 6.07) is 4.83. The molecule has 9 nitrogen and oxygen atoms in total. The number of carbonyl (C=O) groups excluding carboxylic acids is 1. The van der Waals surface area contributed by atoms with Crippen molar-refractivity contribution in [2.45, 2.75) is 30.6 Å². The summed E-state index contributed by atoms with van der Waals surface area (Å²) in [6.07, 6.45) is 3.09. The van der Waals surface area contributed by atoms with Gasteiger partial charge < -0.3 is 10.2 Å². The fourth-order valence-electron chi connectivity index (χ4n) is 3.12. The highest BCUT2D eigenvalue weighted by molar-refractivity contribution is 7.89. The first kappa shape index (κ1) is 21.3. The van der Waals surface area contributed by atoms with Gasteiger partial charge in [-0.2, -0.15) is 0 Å². The van der Waals surface area contributed by atoms with Crippen molar-refractivity contribution in [1.82, 2.24) is 14.9 Å². The molecule has 0 saturated carbocycles. The summed E-state index contributed by atoms with van der Waals surface area (Å²) in [7, 11) is -1.97. The maximum absolute atomic E-state index is 12.3. The van der Waals surface area contributed by atoms with Gasteiger partial charge in [-0.15, -0.1) is 0 Å². The van der Waals surface area contributed by atoms with Crippen LogP contribution in [0.3, 0.4) is 0 Å². The van der Waals surface area contributed by atoms with Gasteiger partial charge in [0.05, 0.1) is 9.82 Å². The van der Waals surface area contributed by atoms with Crippen molar-refractivity contribution in [1.29, 1.82) is 0 Å². The molecule has 1 aromatic rings. The third-order valence-electron chi connectivity index (χ3n) is 4.74. The smallest absolute Gasteiger partial charge is 0.270 e. The fraction of sp³-hybridized carbons (Fsp3) is 0.588. The molecule has 0 aliphatic carbocycles. The molecule has 0 unspecified atom stereocenters. The van der Waals surface area contributed by atoms with Gasteiger partial charge in [-0.05, 0) is 44.8 Å². The van der Waals surface area contributed by atoms with E-state index >= 15 is 0 Å². The molecule has 1 heterocycles. The Balaban J connectivity index is 1.81. The summed E-state index contributed by atoms with van der Waals surface area (Å²) in [6.45, 7) is 2.33. The summed E-state index contributed by atoms with van der Waals surface area (Å²) in [5, 5.41) is 13.9. The average molecular weight is 398 g/mol. The summed E-state index contributed by atoms with van der Waals surface area (Å²) < 4.78 is 26.8. The Morgan fingerprint density at radius 1 is 1.30 bits per heavy atom. The number of nitro groups is 1. The Labute approximate surface area is 159 Å². The SMILES string of the molecule is CNCCC1CCN(C(=O)CCNS(=O)(=O)c2cccc([N+](=O)[O-])c2)CC1. The van der Waals surface area contributed by atoms with Crippen LogP contribution in [0.1, 0.15) is 25.7 Å². The van der Waals surface area contributed by atoms with E-state index in [-0.39, 0.29) is 29.5 Å². The molecule has 1 aliphatic heterocycles. The molecule has 2 rings (SSSR count). The number of non-ortho nitro benzene ring substituents is 1. The van der Waals surface area contributed by atoms with E-state index < -0.39 is 14.9 Å². The van der Waals surface area contributed by atoms with Crippen LogP contribution in [0.25, 0.3) is 0 Å². The highest BCUT2D eigenvalue weighted by Gasteiger charge is 2.23. The standard InChI is InChI=1S/C17H26N4O5S/c1-18-9-5-14-7-11-20(12-8-14)17(22)6-10-19-27(25,26)16-4-2-3-15(13-16)21(23)24/h2-4,13-14,18-19H,5-12H2,1H3. The van der Waals surface area contributed by atoms with Gasteiger partial charge in [0.1, 0.15) is 0 Å². The molecule has 1 fully saturated rings. The van der Waals surface area contributed by atoms with Crippen LogP contribution in [-0.4, -0.2) is 57.4 Å². The van der Waals surface area contributed by atoms with E-state index in [4.69, 9.17) is 0 Å². The number of benzene rings is 1. The maximum atomic E-state index is 12.3. The van der Waals surface area contributed by atoms with E-state index in [0.29, 0.717) is 19.0 Å². The van der Waals surface area contributed by atoms with Gasteiger partial charge in [0.15, 0.2) is 0 Å². The molecular formula is C17H26N4O5S. The minimum absolute atomic E-state index is 0.0382. The van der Waals surface area contributed by atoms with E-state index in [1.54, 1.807) is 4.90 Å². The van der Waals surface area contributed by atoms with Gasteiger partial charge in [-0.1, -0.05) is 6.07 Å². The number of likely N-dealkylation sites (tertiary alicyclic amines) is 1. The van der Waals surface area contributed by atoms with Crippen molar-refractivity contribution in [3.05, 3.63) is 34.4 Å². The molecule has 1 saturated heterocycles. The summed E-state index contributed by atoms with van der Waals surface area (Å²) >= 11 is 0. The molecular weight excluding hydrogens is 372 g/mol.